The number of carbonyl (C=O) groups excluding carboxylic acids is 2. The lowest BCUT2D eigenvalue weighted by atomic mass is 9.78. The van der Waals surface area contributed by atoms with Gasteiger partial charge in [0.1, 0.15) is 0 Å². The van der Waals surface area contributed by atoms with Crippen molar-refractivity contribution >= 4 is 46.3 Å². The predicted octanol–water partition coefficient (Wildman–Crippen LogP) is 7.46. The molecular formula is C27H19Cl2F3N2O2. The van der Waals surface area contributed by atoms with E-state index in [1.807, 2.05) is 12.1 Å². The van der Waals surface area contributed by atoms with E-state index in [1.165, 1.54) is 12.1 Å². The number of carbonyl (C=O) groups is 2. The number of nitrogens with one attached hydrogen (secondary N) is 1. The summed E-state index contributed by atoms with van der Waals surface area (Å²) in [6, 6.07) is 18.3. The fourth-order valence-electron chi connectivity index (χ4n) is 4.91. The van der Waals surface area contributed by atoms with Gasteiger partial charge in [-0.05, 0) is 53.8 Å². The number of para-hydroxylation sites is 2. The number of rotatable bonds is 2. The molecule has 1 heterocycles. The highest BCUT2D eigenvalue weighted by atomic mass is 35.5. The van der Waals surface area contributed by atoms with E-state index < -0.39 is 18.1 Å². The van der Waals surface area contributed by atoms with Crippen LogP contribution >= 0.6 is 23.2 Å². The van der Waals surface area contributed by atoms with Crippen LogP contribution in [0.3, 0.4) is 0 Å². The third kappa shape index (κ3) is 4.38. The Morgan fingerprint density at radius 3 is 2.28 bits per heavy atom. The van der Waals surface area contributed by atoms with Crippen LogP contribution in [0.2, 0.25) is 10.0 Å². The molecule has 184 valence electrons. The van der Waals surface area contributed by atoms with E-state index in [-0.39, 0.29) is 40.0 Å². The van der Waals surface area contributed by atoms with Crippen molar-refractivity contribution in [3.05, 3.63) is 105 Å². The Hall–Kier alpha value is -3.29. The van der Waals surface area contributed by atoms with Gasteiger partial charge in [0, 0.05) is 27.7 Å². The van der Waals surface area contributed by atoms with Gasteiger partial charge in [-0.1, -0.05) is 65.7 Å². The van der Waals surface area contributed by atoms with Gasteiger partial charge in [-0.25, -0.2) is 0 Å². The molecule has 1 N–H and O–H groups in total. The summed E-state index contributed by atoms with van der Waals surface area (Å²) in [4.78, 5) is 27.3. The van der Waals surface area contributed by atoms with Crippen LogP contribution in [-0.2, 0) is 9.59 Å². The summed E-state index contributed by atoms with van der Waals surface area (Å²) in [5.74, 6) is -2.66. The van der Waals surface area contributed by atoms with E-state index in [1.54, 1.807) is 48.5 Å². The maximum Gasteiger partial charge on any atom is 0.471 e. The average Bonchev–Trinajstić information content (AvgIpc) is 2.98. The van der Waals surface area contributed by atoms with Gasteiger partial charge in [-0.2, -0.15) is 13.2 Å². The molecule has 0 saturated heterocycles. The molecule has 0 aromatic heterocycles. The number of alkyl halides is 3. The SMILES string of the molecule is O=C1C[C@H](c2ccc(Cl)cc2)CC2=C1[C@H](c1ccccc1Cl)N(C(=O)C(F)(F)F)c1ccccc1N2. The number of allylic oxidation sites excluding steroid dienone is 1. The van der Waals surface area contributed by atoms with Crippen molar-refractivity contribution in [2.24, 2.45) is 0 Å². The average molecular weight is 531 g/mol. The zero-order valence-corrected chi connectivity index (χ0v) is 20.2. The van der Waals surface area contributed by atoms with Crippen LogP contribution in [0.15, 0.2) is 84.1 Å². The molecule has 2 atom stereocenters. The Labute approximate surface area is 215 Å². The van der Waals surface area contributed by atoms with Crippen LogP contribution in [0.5, 0.6) is 0 Å². The molecule has 9 heteroatoms. The van der Waals surface area contributed by atoms with Crippen molar-refractivity contribution in [3.63, 3.8) is 0 Å². The molecule has 1 aliphatic heterocycles. The highest BCUT2D eigenvalue weighted by molar-refractivity contribution is 6.31. The summed E-state index contributed by atoms with van der Waals surface area (Å²) in [5, 5.41) is 3.90. The lowest BCUT2D eigenvalue weighted by molar-refractivity contribution is -0.170. The summed E-state index contributed by atoms with van der Waals surface area (Å²) < 4.78 is 41.8. The second kappa shape index (κ2) is 9.30. The fourth-order valence-corrected chi connectivity index (χ4v) is 5.28. The maximum atomic E-state index is 13.9. The molecule has 0 bridgehead atoms. The van der Waals surface area contributed by atoms with Gasteiger partial charge >= 0.3 is 12.1 Å². The van der Waals surface area contributed by atoms with Gasteiger partial charge in [-0.3, -0.25) is 14.5 Å². The zero-order valence-electron chi connectivity index (χ0n) is 18.7. The third-order valence-electron chi connectivity index (χ3n) is 6.49. The zero-order chi connectivity index (χ0) is 25.6. The Morgan fingerprint density at radius 2 is 1.58 bits per heavy atom. The summed E-state index contributed by atoms with van der Waals surface area (Å²) >= 11 is 12.5. The second-order valence-corrected chi connectivity index (χ2v) is 9.55. The largest absolute Gasteiger partial charge is 0.471 e. The van der Waals surface area contributed by atoms with Crippen molar-refractivity contribution < 1.29 is 22.8 Å². The molecule has 1 amide bonds. The molecule has 0 radical (unpaired) electrons. The van der Waals surface area contributed by atoms with Crippen LogP contribution in [0.4, 0.5) is 24.5 Å². The van der Waals surface area contributed by atoms with Crippen LogP contribution in [0.1, 0.15) is 35.9 Å². The normalized spacial score (nSPS) is 19.8. The van der Waals surface area contributed by atoms with Gasteiger partial charge in [0.15, 0.2) is 5.78 Å². The number of Topliss-reactive ketones (excluding diaryl/α,β-unsaturated/α-hetero) is 1. The highest BCUT2D eigenvalue weighted by Gasteiger charge is 2.50. The van der Waals surface area contributed by atoms with Gasteiger partial charge in [-0.15, -0.1) is 0 Å². The van der Waals surface area contributed by atoms with Crippen LogP contribution in [-0.4, -0.2) is 17.9 Å². The summed E-state index contributed by atoms with van der Waals surface area (Å²) in [6.07, 6.45) is -4.76. The summed E-state index contributed by atoms with van der Waals surface area (Å²) in [6.45, 7) is 0. The number of fused-ring (bicyclic) bond motifs is 1. The first-order valence-electron chi connectivity index (χ1n) is 11.2. The minimum atomic E-state index is -5.18. The van der Waals surface area contributed by atoms with Gasteiger partial charge < -0.3 is 5.32 Å². The van der Waals surface area contributed by atoms with E-state index in [0.29, 0.717) is 27.7 Å². The topological polar surface area (TPSA) is 49.4 Å². The maximum absolute atomic E-state index is 13.9. The quantitative estimate of drug-likeness (QED) is 0.374. The monoisotopic (exact) mass is 530 g/mol. The third-order valence-corrected chi connectivity index (χ3v) is 7.09. The number of halogens is 5. The van der Waals surface area contributed by atoms with Gasteiger partial charge in [0.2, 0.25) is 0 Å². The Bertz CT molecular complexity index is 1390. The second-order valence-electron chi connectivity index (χ2n) is 8.71. The minimum absolute atomic E-state index is 0.00925. The molecule has 3 aromatic carbocycles. The molecule has 0 saturated carbocycles. The standard InChI is InChI=1S/C27H19Cl2F3N2O2/c28-17-11-9-15(10-12-17)16-13-21-24(23(35)14-16)25(18-5-1-2-6-19(18)29)34(26(36)27(30,31)32)22-8-4-3-7-20(22)33-21/h1-12,16,25,33H,13-14H2/t16-,25+/m1/s1. The van der Waals surface area contributed by atoms with E-state index in [4.69, 9.17) is 23.2 Å². The van der Waals surface area contributed by atoms with Crippen LogP contribution < -0.4 is 10.2 Å². The highest BCUT2D eigenvalue weighted by Crippen LogP contribution is 2.49. The van der Waals surface area contributed by atoms with Crippen molar-refractivity contribution in [2.45, 2.75) is 31.0 Å². The number of hydrogen-bond donors (Lipinski definition) is 1. The van der Waals surface area contributed by atoms with E-state index in [0.717, 1.165) is 5.56 Å². The molecule has 5 rings (SSSR count). The number of amides is 1. The Kier molecular flexibility index (Phi) is 6.30. The fraction of sp³-hybridized carbons (Fsp3) is 0.185. The molecule has 36 heavy (non-hydrogen) atoms. The van der Waals surface area contributed by atoms with Crippen molar-refractivity contribution in [2.75, 3.05) is 10.2 Å². The first-order valence-corrected chi connectivity index (χ1v) is 11.9. The molecular weight excluding hydrogens is 512 g/mol. The lowest BCUT2D eigenvalue weighted by Crippen LogP contribution is -2.45. The molecule has 4 nitrogen and oxygen atoms in total. The first-order chi connectivity index (χ1) is 17.1. The van der Waals surface area contributed by atoms with Gasteiger partial charge in [0.25, 0.3) is 0 Å². The lowest BCUT2D eigenvalue weighted by Gasteiger charge is -2.35. The Morgan fingerprint density at radius 1 is 0.917 bits per heavy atom. The first kappa shape index (κ1) is 24.4. The Balaban J connectivity index is 1.74. The number of ketones is 1. The van der Waals surface area contributed by atoms with Crippen molar-refractivity contribution in [1.29, 1.82) is 0 Å². The van der Waals surface area contributed by atoms with Crippen molar-refractivity contribution in [1.82, 2.24) is 0 Å². The molecule has 3 aromatic rings. The van der Waals surface area contributed by atoms with Crippen LogP contribution in [0.25, 0.3) is 0 Å². The minimum Gasteiger partial charge on any atom is -0.357 e. The van der Waals surface area contributed by atoms with E-state index >= 15 is 0 Å². The summed E-state index contributed by atoms with van der Waals surface area (Å²) in [7, 11) is 0. The number of anilines is 2. The van der Waals surface area contributed by atoms with E-state index in [9.17, 15) is 22.8 Å². The van der Waals surface area contributed by atoms with Gasteiger partial charge in [0.05, 0.1) is 17.4 Å². The van der Waals surface area contributed by atoms with Crippen molar-refractivity contribution in [3.8, 4) is 0 Å². The molecule has 0 spiro atoms. The predicted molar refractivity (Wildman–Crippen MR) is 133 cm³/mol. The van der Waals surface area contributed by atoms with Crippen LogP contribution in [0, 0.1) is 0 Å². The number of hydrogen-bond acceptors (Lipinski definition) is 3. The number of benzene rings is 3. The molecule has 2 aliphatic rings. The smallest absolute Gasteiger partial charge is 0.357 e. The number of nitrogens with zero attached hydrogens (tertiary/aromatic N) is 1. The summed E-state index contributed by atoms with van der Waals surface area (Å²) in [5.41, 5.74) is 1.98. The molecule has 1 aliphatic carbocycles. The molecule has 0 fully saturated rings. The van der Waals surface area contributed by atoms with E-state index in [2.05, 4.69) is 5.32 Å². The molecule has 0 unspecified atom stereocenters.